The van der Waals surface area contributed by atoms with Crippen LogP contribution in [0.5, 0.6) is 0 Å². The van der Waals surface area contributed by atoms with Crippen LogP contribution in [0.3, 0.4) is 0 Å². The topological polar surface area (TPSA) is 65.1 Å². The second-order valence-corrected chi connectivity index (χ2v) is 6.51. The molecule has 0 N–H and O–H groups in total. The van der Waals surface area contributed by atoms with E-state index < -0.39 is 23.4 Å². The third-order valence-electron chi connectivity index (χ3n) is 4.93. The number of methoxy groups -OCH3 is 2. The number of aryl methyl sites for hydroxylation is 1. The lowest BCUT2D eigenvalue weighted by Crippen LogP contribution is -2.56. The summed E-state index contributed by atoms with van der Waals surface area (Å²) in [4.78, 5) is 31.7. The maximum atomic E-state index is 12.9. The molecule has 1 aliphatic rings. The van der Waals surface area contributed by atoms with Crippen LogP contribution in [0, 0.1) is 12.3 Å². The summed E-state index contributed by atoms with van der Waals surface area (Å²) in [5, 5.41) is 1.62. The number of hydrogen-bond donors (Lipinski definition) is 0. The average molecular weight is 369 g/mol. The number of rotatable bonds is 4. The summed E-state index contributed by atoms with van der Waals surface area (Å²) in [6, 6.07) is 16.3. The standard InChI is InChI=1S/C21H23NO5/c1-15-9-11-17(12-10-15)22-18(16-7-5-4-6-8-16)21(13-14-27-22,19(23)25-2)20(24)26-3/h4-12,18H,13-14H2,1-3H3/t18-/m1/s1. The van der Waals surface area contributed by atoms with Gasteiger partial charge in [0.1, 0.15) is 6.04 Å². The van der Waals surface area contributed by atoms with Crippen LogP contribution in [0.2, 0.25) is 0 Å². The second-order valence-electron chi connectivity index (χ2n) is 6.51. The van der Waals surface area contributed by atoms with Crippen molar-refractivity contribution in [1.82, 2.24) is 0 Å². The summed E-state index contributed by atoms with van der Waals surface area (Å²) >= 11 is 0. The van der Waals surface area contributed by atoms with Crippen molar-refractivity contribution in [2.75, 3.05) is 25.9 Å². The van der Waals surface area contributed by atoms with E-state index in [1.165, 1.54) is 14.2 Å². The SMILES string of the molecule is COC(=O)C1(C(=O)OC)CCON(c2ccc(C)cc2)[C@@H]1c1ccccc1. The normalized spacial score (nSPS) is 18.6. The molecule has 3 rings (SSSR count). The van der Waals surface area contributed by atoms with E-state index >= 15 is 0 Å². The highest BCUT2D eigenvalue weighted by Gasteiger charge is 2.59. The van der Waals surface area contributed by atoms with Crippen molar-refractivity contribution in [3.63, 3.8) is 0 Å². The first-order valence-corrected chi connectivity index (χ1v) is 8.75. The Morgan fingerprint density at radius 3 is 2.15 bits per heavy atom. The number of carbonyl (C=O) groups is 2. The molecule has 1 aliphatic heterocycles. The molecule has 0 unspecified atom stereocenters. The van der Waals surface area contributed by atoms with Gasteiger partial charge in [0.15, 0.2) is 5.41 Å². The van der Waals surface area contributed by atoms with Crippen molar-refractivity contribution < 1.29 is 23.9 Å². The molecule has 27 heavy (non-hydrogen) atoms. The highest BCUT2D eigenvalue weighted by atomic mass is 16.7. The smallest absolute Gasteiger partial charge is 0.325 e. The number of benzene rings is 2. The van der Waals surface area contributed by atoms with Crippen molar-refractivity contribution >= 4 is 17.6 Å². The molecule has 6 nitrogen and oxygen atoms in total. The van der Waals surface area contributed by atoms with Gasteiger partial charge in [0.2, 0.25) is 0 Å². The minimum absolute atomic E-state index is 0.161. The lowest BCUT2D eigenvalue weighted by atomic mass is 9.73. The van der Waals surface area contributed by atoms with Crippen LogP contribution in [-0.4, -0.2) is 32.8 Å². The van der Waals surface area contributed by atoms with Crippen LogP contribution >= 0.6 is 0 Å². The third-order valence-corrected chi connectivity index (χ3v) is 4.93. The van der Waals surface area contributed by atoms with E-state index in [2.05, 4.69) is 0 Å². The van der Waals surface area contributed by atoms with Crippen molar-refractivity contribution in [3.05, 3.63) is 65.7 Å². The Balaban J connectivity index is 2.20. The molecule has 0 aliphatic carbocycles. The maximum absolute atomic E-state index is 12.9. The van der Waals surface area contributed by atoms with Crippen molar-refractivity contribution in [2.45, 2.75) is 19.4 Å². The maximum Gasteiger partial charge on any atom is 0.325 e. The van der Waals surface area contributed by atoms with E-state index in [0.29, 0.717) is 0 Å². The van der Waals surface area contributed by atoms with Gasteiger partial charge in [-0.15, -0.1) is 0 Å². The van der Waals surface area contributed by atoms with Gasteiger partial charge < -0.3 is 9.47 Å². The van der Waals surface area contributed by atoms with Crippen LogP contribution in [0.1, 0.15) is 23.6 Å². The lowest BCUT2D eigenvalue weighted by molar-refractivity contribution is -0.180. The Hall–Kier alpha value is -2.86. The summed E-state index contributed by atoms with van der Waals surface area (Å²) in [6.45, 7) is 2.17. The molecule has 0 amide bonds. The molecule has 0 radical (unpaired) electrons. The van der Waals surface area contributed by atoms with Gasteiger partial charge >= 0.3 is 11.9 Å². The molecule has 0 saturated carbocycles. The lowest BCUT2D eigenvalue weighted by Gasteiger charge is -2.46. The van der Waals surface area contributed by atoms with E-state index in [1.54, 1.807) is 5.06 Å². The number of nitrogens with zero attached hydrogens (tertiary/aromatic N) is 1. The van der Waals surface area contributed by atoms with E-state index in [0.717, 1.165) is 16.8 Å². The fourth-order valence-corrected chi connectivity index (χ4v) is 3.56. The minimum Gasteiger partial charge on any atom is -0.468 e. The molecule has 0 spiro atoms. The zero-order valence-corrected chi connectivity index (χ0v) is 15.7. The first-order chi connectivity index (χ1) is 13.0. The number of hydrogen-bond acceptors (Lipinski definition) is 6. The highest BCUT2D eigenvalue weighted by Crippen LogP contribution is 2.48. The van der Waals surface area contributed by atoms with Crippen LogP contribution in [0.4, 0.5) is 5.69 Å². The monoisotopic (exact) mass is 369 g/mol. The summed E-state index contributed by atoms with van der Waals surface area (Å²) < 4.78 is 10.1. The predicted molar refractivity (Wildman–Crippen MR) is 99.9 cm³/mol. The van der Waals surface area contributed by atoms with Crippen molar-refractivity contribution in [2.24, 2.45) is 5.41 Å². The number of anilines is 1. The van der Waals surface area contributed by atoms with Gasteiger partial charge in [0.05, 0.1) is 26.5 Å². The van der Waals surface area contributed by atoms with Crippen molar-refractivity contribution in [3.8, 4) is 0 Å². The molecule has 1 fully saturated rings. The van der Waals surface area contributed by atoms with Gasteiger partial charge in [-0.05, 0) is 24.6 Å². The Kier molecular flexibility index (Phi) is 5.46. The molecule has 1 heterocycles. The molecule has 0 aromatic heterocycles. The van der Waals surface area contributed by atoms with Gasteiger partial charge in [0.25, 0.3) is 0 Å². The molecule has 2 aromatic carbocycles. The Morgan fingerprint density at radius 1 is 1.00 bits per heavy atom. The molecule has 1 atom stereocenters. The van der Waals surface area contributed by atoms with Crippen LogP contribution in [-0.2, 0) is 23.9 Å². The van der Waals surface area contributed by atoms with E-state index in [4.69, 9.17) is 14.3 Å². The van der Waals surface area contributed by atoms with Gasteiger partial charge in [0, 0.05) is 6.42 Å². The quantitative estimate of drug-likeness (QED) is 0.609. The summed E-state index contributed by atoms with van der Waals surface area (Å²) in [7, 11) is 2.56. The molecular formula is C21H23NO5. The summed E-state index contributed by atoms with van der Waals surface area (Å²) in [5.41, 5.74) is 1.06. The zero-order valence-electron chi connectivity index (χ0n) is 15.7. The number of ether oxygens (including phenoxy) is 2. The number of carbonyl (C=O) groups excluding carboxylic acids is 2. The fraction of sp³-hybridized carbons (Fsp3) is 0.333. The molecule has 6 heteroatoms. The van der Waals surface area contributed by atoms with E-state index in [-0.39, 0.29) is 13.0 Å². The Morgan fingerprint density at radius 2 is 1.59 bits per heavy atom. The van der Waals surface area contributed by atoms with Crippen LogP contribution in [0.25, 0.3) is 0 Å². The second kappa shape index (κ2) is 7.80. The van der Waals surface area contributed by atoms with Gasteiger partial charge in [-0.3, -0.25) is 14.4 Å². The van der Waals surface area contributed by atoms with E-state index in [9.17, 15) is 9.59 Å². The van der Waals surface area contributed by atoms with Crippen molar-refractivity contribution in [1.29, 1.82) is 0 Å². The first kappa shape index (κ1) is 18.9. The first-order valence-electron chi connectivity index (χ1n) is 8.75. The molecule has 1 saturated heterocycles. The Bertz CT molecular complexity index is 787. The molecule has 0 bridgehead atoms. The third kappa shape index (κ3) is 3.28. The number of hydroxylamine groups is 1. The van der Waals surface area contributed by atoms with Gasteiger partial charge in [-0.1, -0.05) is 48.0 Å². The Labute approximate surface area is 158 Å². The number of esters is 2. The average Bonchev–Trinajstić information content (AvgIpc) is 2.73. The summed E-state index contributed by atoms with van der Waals surface area (Å²) in [6.07, 6.45) is 0.161. The van der Waals surface area contributed by atoms with E-state index in [1.807, 2.05) is 61.5 Å². The molecular weight excluding hydrogens is 346 g/mol. The van der Waals surface area contributed by atoms with Crippen LogP contribution < -0.4 is 5.06 Å². The predicted octanol–water partition coefficient (Wildman–Crippen LogP) is 3.21. The highest BCUT2D eigenvalue weighted by molar-refractivity contribution is 6.01. The van der Waals surface area contributed by atoms with Crippen LogP contribution in [0.15, 0.2) is 54.6 Å². The largest absolute Gasteiger partial charge is 0.468 e. The minimum atomic E-state index is -1.53. The van der Waals surface area contributed by atoms with Gasteiger partial charge in [-0.2, -0.15) is 0 Å². The van der Waals surface area contributed by atoms with Gasteiger partial charge in [-0.25, -0.2) is 5.06 Å². The molecule has 2 aromatic rings. The summed E-state index contributed by atoms with van der Waals surface area (Å²) in [5.74, 6) is -1.27. The zero-order chi connectivity index (χ0) is 19.4. The molecule has 142 valence electrons. The fourth-order valence-electron chi connectivity index (χ4n) is 3.56.